The standard InChI is InChI=1S/C28H36N4O5/c33-25(17-23(27(34)35)18-30-28(36)37-19-21-5-2-1-3-6-21)32-15-12-20(13-16-32)8-10-24-11-9-22-7-4-14-29-26(22)31-24/h1-3,5-6,9,11,20,23H,4,7-8,10,12-19H2,(H,29,31)(H,30,36)(H,34,35). The van der Waals surface area contributed by atoms with E-state index in [0.29, 0.717) is 19.0 Å². The van der Waals surface area contributed by atoms with Crippen LogP contribution in [0.4, 0.5) is 10.6 Å². The smallest absolute Gasteiger partial charge is 0.407 e. The molecular weight excluding hydrogens is 472 g/mol. The molecule has 0 spiro atoms. The monoisotopic (exact) mass is 508 g/mol. The van der Waals surface area contributed by atoms with Gasteiger partial charge in [-0.1, -0.05) is 36.4 Å². The molecule has 1 aromatic carbocycles. The molecule has 37 heavy (non-hydrogen) atoms. The number of carboxylic acids is 1. The Morgan fingerprint density at radius 2 is 1.92 bits per heavy atom. The SMILES string of the molecule is O=C(NCC(CC(=O)N1CCC(CCc2ccc3c(n2)NCCC3)CC1)C(=O)O)OCc1ccccc1. The van der Waals surface area contributed by atoms with Crippen LogP contribution in [-0.4, -0.2) is 59.1 Å². The van der Waals surface area contributed by atoms with Crippen LogP contribution in [0.3, 0.4) is 0 Å². The molecule has 0 bridgehead atoms. The quantitative estimate of drug-likeness (QED) is 0.448. The Bertz CT molecular complexity index is 1070. The Morgan fingerprint density at radius 1 is 1.14 bits per heavy atom. The fraction of sp³-hybridized carbons (Fsp3) is 0.500. The molecule has 0 saturated carbocycles. The third-order valence-corrected chi connectivity index (χ3v) is 7.20. The van der Waals surface area contributed by atoms with Gasteiger partial charge in [0.15, 0.2) is 0 Å². The molecule has 2 amide bonds. The lowest BCUT2D eigenvalue weighted by Gasteiger charge is -2.32. The topological polar surface area (TPSA) is 121 Å². The number of hydrogen-bond acceptors (Lipinski definition) is 6. The summed E-state index contributed by atoms with van der Waals surface area (Å²) >= 11 is 0. The van der Waals surface area contributed by atoms with Gasteiger partial charge in [0, 0.05) is 38.3 Å². The minimum absolute atomic E-state index is 0.0950. The Labute approximate surface area is 217 Å². The van der Waals surface area contributed by atoms with Crippen molar-refractivity contribution in [3.63, 3.8) is 0 Å². The number of nitrogens with zero attached hydrogens (tertiary/aromatic N) is 2. The first kappa shape index (κ1) is 26.4. The summed E-state index contributed by atoms with van der Waals surface area (Å²) in [6.07, 6.45) is 5.13. The molecule has 198 valence electrons. The maximum atomic E-state index is 12.8. The molecule has 3 heterocycles. The van der Waals surface area contributed by atoms with Gasteiger partial charge in [-0.3, -0.25) is 9.59 Å². The van der Waals surface area contributed by atoms with E-state index in [0.717, 1.165) is 62.1 Å². The van der Waals surface area contributed by atoms with Crippen LogP contribution in [0.5, 0.6) is 0 Å². The van der Waals surface area contributed by atoms with Gasteiger partial charge in [0.1, 0.15) is 12.4 Å². The van der Waals surface area contributed by atoms with Gasteiger partial charge in [0.05, 0.1) is 5.92 Å². The number of ether oxygens (including phenoxy) is 1. The van der Waals surface area contributed by atoms with E-state index in [1.807, 2.05) is 30.3 Å². The zero-order valence-electron chi connectivity index (χ0n) is 21.2. The van der Waals surface area contributed by atoms with Crippen molar-refractivity contribution < 1.29 is 24.2 Å². The summed E-state index contributed by atoms with van der Waals surface area (Å²) in [5.41, 5.74) is 3.23. The van der Waals surface area contributed by atoms with Crippen LogP contribution in [-0.2, 0) is 33.8 Å². The minimum Gasteiger partial charge on any atom is -0.481 e. The number of amides is 2. The highest BCUT2D eigenvalue weighted by Gasteiger charge is 2.28. The summed E-state index contributed by atoms with van der Waals surface area (Å²) in [4.78, 5) is 43.0. The highest BCUT2D eigenvalue weighted by atomic mass is 16.5. The number of alkyl carbamates (subject to hydrolysis) is 1. The number of fused-ring (bicyclic) bond motifs is 1. The fourth-order valence-electron chi connectivity index (χ4n) is 4.90. The van der Waals surface area contributed by atoms with E-state index < -0.39 is 18.0 Å². The number of likely N-dealkylation sites (tertiary alicyclic amines) is 1. The summed E-state index contributed by atoms with van der Waals surface area (Å²) < 4.78 is 5.13. The third-order valence-electron chi connectivity index (χ3n) is 7.20. The number of carbonyl (C=O) groups excluding carboxylic acids is 2. The lowest BCUT2D eigenvalue weighted by atomic mass is 9.91. The molecule has 3 N–H and O–H groups in total. The molecule has 1 fully saturated rings. The van der Waals surface area contributed by atoms with Gasteiger partial charge >= 0.3 is 12.1 Å². The first-order valence-corrected chi connectivity index (χ1v) is 13.2. The number of benzene rings is 1. The van der Waals surface area contributed by atoms with Crippen molar-refractivity contribution in [2.75, 3.05) is 31.5 Å². The van der Waals surface area contributed by atoms with Crippen molar-refractivity contribution in [3.05, 3.63) is 59.3 Å². The van der Waals surface area contributed by atoms with Gasteiger partial charge in [-0.2, -0.15) is 0 Å². The van der Waals surface area contributed by atoms with Gasteiger partial charge in [0.25, 0.3) is 0 Å². The number of aromatic nitrogens is 1. The zero-order chi connectivity index (χ0) is 26.0. The van der Waals surface area contributed by atoms with Crippen LogP contribution < -0.4 is 10.6 Å². The highest BCUT2D eigenvalue weighted by Crippen LogP contribution is 2.25. The number of aliphatic carboxylic acids is 1. The van der Waals surface area contributed by atoms with Gasteiger partial charge in [0.2, 0.25) is 5.91 Å². The molecule has 0 aliphatic carbocycles. The second-order valence-electron chi connectivity index (χ2n) is 9.89. The van der Waals surface area contributed by atoms with Crippen LogP contribution in [0.15, 0.2) is 42.5 Å². The number of hydrogen-bond donors (Lipinski definition) is 3. The molecule has 9 heteroatoms. The number of pyridine rings is 1. The number of carboxylic acid groups (broad SMARTS) is 1. The maximum absolute atomic E-state index is 12.8. The van der Waals surface area contributed by atoms with Crippen LogP contribution in [0.25, 0.3) is 0 Å². The second kappa shape index (κ2) is 13.1. The van der Waals surface area contributed by atoms with Gasteiger partial charge in [-0.25, -0.2) is 9.78 Å². The van der Waals surface area contributed by atoms with E-state index in [4.69, 9.17) is 9.72 Å². The molecule has 2 aromatic rings. The number of nitrogens with one attached hydrogen (secondary N) is 2. The van der Waals surface area contributed by atoms with Crippen molar-refractivity contribution >= 4 is 23.8 Å². The molecule has 1 saturated heterocycles. The van der Waals surface area contributed by atoms with E-state index in [2.05, 4.69) is 22.8 Å². The molecule has 4 rings (SSSR count). The van der Waals surface area contributed by atoms with Gasteiger partial charge in [-0.05, 0) is 61.6 Å². The van der Waals surface area contributed by atoms with E-state index in [9.17, 15) is 19.5 Å². The van der Waals surface area contributed by atoms with Crippen LogP contribution >= 0.6 is 0 Å². The Hall–Kier alpha value is -3.62. The average molecular weight is 509 g/mol. The van der Waals surface area contributed by atoms with Crippen LogP contribution in [0, 0.1) is 11.8 Å². The first-order chi connectivity index (χ1) is 18.0. The van der Waals surface area contributed by atoms with E-state index in [1.165, 1.54) is 5.56 Å². The number of piperidine rings is 1. The highest BCUT2D eigenvalue weighted by molar-refractivity contribution is 5.83. The van der Waals surface area contributed by atoms with Gasteiger partial charge < -0.3 is 25.4 Å². The van der Waals surface area contributed by atoms with Crippen molar-refractivity contribution in [1.82, 2.24) is 15.2 Å². The van der Waals surface area contributed by atoms with Crippen molar-refractivity contribution in [1.29, 1.82) is 0 Å². The predicted octanol–water partition coefficient (Wildman–Crippen LogP) is 3.63. The normalized spacial score (nSPS) is 16.3. The fourth-order valence-corrected chi connectivity index (χ4v) is 4.90. The molecule has 1 aromatic heterocycles. The summed E-state index contributed by atoms with van der Waals surface area (Å²) in [5, 5.41) is 15.4. The van der Waals surface area contributed by atoms with E-state index in [-0.39, 0.29) is 25.5 Å². The van der Waals surface area contributed by atoms with Crippen LogP contribution in [0.2, 0.25) is 0 Å². The first-order valence-electron chi connectivity index (χ1n) is 13.2. The second-order valence-corrected chi connectivity index (χ2v) is 9.89. The van der Waals surface area contributed by atoms with Crippen molar-refractivity contribution in [3.8, 4) is 0 Å². The predicted molar refractivity (Wildman–Crippen MR) is 139 cm³/mol. The maximum Gasteiger partial charge on any atom is 0.407 e. The Morgan fingerprint density at radius 3 is 2.68 bits per heavy atom. The number of aryl methyl sites for hydroxylation is 2. The van der Waals surface area contributed by atoms with E-state index >= 15 is 0 Å². The molecule has 1 atom stereocenters. The zero-order valence-corrected chi connectivity index (χ0v) is 21.2. The summed E-state index contributed by atoms with van der Waals surface area (Å²) in [5.74, 6) is -0.758. The lowest BCUT2D eigenvalue weighted by molar-refractivity contribution is -0.146. The van der Waals surface area contributed by atoms with Crippen molar-refractivity contribution in [2.45, 2.75) is 51.6 Å². The molecule has 1 unspecified atom stereocenters. The summed E-state index contributed by atoms with van der Waals surface area (Å²) in [7, 11) is 0. The number of rotatable bonds is 10. The number of carbonyl (C=O) groups is 3. The number of anilines is 1. The average Bonchev–Trinajstić information content (AvgIpc) is 2.93. The van der Waals surface area contributed by atoms with Crippen LogP contribution in [0.1, 0.15) is 48.9 Å². The molecule has 0 radical (unpaired) electrons. The van der Waals surface area contributed by atoms with E-state index in [1.54, 1.807) is 4.90 Å². The van der Waals surface area contributed by atoms with Crippen molar-refractivity contribution in [2.24, 2.45) is 11.8 Å². The Kier molecular flexibility index (Phi) is 9.35. The third kappa shape index (κ3) is 7.93. The summed E-state index contributed by atoms with van der Waals surface area (Å²) in [6, 6.07) is 13.5. The van der Waals surface area contributed by atoms with Gasteiger partial charge in [-0.15, -0.1) is 0 Å². The summed E-state index contributed by atoms with van der Waals surface area (Å²) in [6.45, 7) is 2.17. The minimum atomic E-state index is -1.11. The molecule has 2 aliphatic heterocycles. The molecular formula is C28H36N4O5. The largest absolute Gasteiger partial charge is 0.481 e. The Balaban J connectivity index is 1.16. The molecule has 2 aliphatic rings. The lowest BCUT2D eigenvalue weighted by Crippen LogP contribution is -2.42. The molecule has 9 nitrogen and oxygen atoms in total.